The van der Waals surface area contributed by atoms with Crippen LogP contribution in [0.15, 0.2) is 60.8 Å². The van der Waals surface area contributed by atoms with Gasteiger partial charge in [-0.15, -0.1) is 0 Å². The van der Waals surface area contributed by atoms with Crippen molar-refractivity contribution < 1.29 is 14.3 Å². The summed E-state index contributed by atoms with van der Waals surface area (Å²) in [5, 5.41) is 2.91. The molecule has 3 aromatic rings. The summed E-state index contributed by atoms with van der Waals surface area (Å²) in [6.45, 7) is 9.59. The summed E-state index contributed by atoms with van der Waals surface area (Å²) < 4.78 is 10.7. The van der Waals surface area contributed by atoms with Gasteiger partial charge in [0.2, 0.25) is 6.79 Å². The Hall–Kier alpha value is -3.58. The number of nitrogens with one attached hydrogen (secondary N) is 1. The van der Waals surface area contributed by atoms with Gasteiger partial charge >= 0.3 is 0 Å². The predicted molar refractivity (Wildman–Crippen MR) is 137 cm³/mol. The molecule has 0 atom stereocenters. The average molecular weight is 473 g/mol. The molecule has 1 saturated heterocycles. The molecule has 5 rings (SSSR count). The number of pyridine rings is 1. The van der Waals surface area contributed by atoms with E-state index >= 15 is 0 Å². The molecule has 1 fully saturated rings. The summed E-state index contributed by atoms with van der Waals surface area (Å²) in [7, 11) is 0. The van der Waals surface area contributed by atoms with Gasteiger partial charge in [0.25, 0.3) is 5.91 Å². The average Bonchev–Trinajstić information content (AvgIpc) is 3.23. The minimum Gasteiger partial charge on any atom is -0.454 e. The maximum atomic E-state index is 12.6. The molecule has 3 heterocycles. The van der Waals surface area contributed by atoms with E-state index < -0.39 is 0 Å². The summed E-state index contributed by atoms with van der Waals surface area (Å²) in [6.07, 6.45) is 2.81. The van der Waals surface area contributed by atoms with Crippen LogP contribution in [0.1, 0.15) is 47.7 Å². The van der Waals surface area contributed by atoms with Crippen molar-refractivity contribution in [1.29, 1.82) is 0 Å². The Morgan fingerprint density at radius 1 is 0.971 bits per heavy atom. The second-order valence-electron chi connectivity index (χ2n) is 9.44. The second kappa shape index (κ2) is 10.4. The molecule has 2 aliphatic rings. The molecule has 0 radical (unpaired) electrons. The Morgan fingerprint density at radius 2 is 1.80 bits per heavy atom. The van der Waals surface area contributed by atoms with Crippen molar-refractivity contribution in [3.8, 4) is 11.5 Å². The van der Waals surface area contributed by atoms with E-state index in [-0.39, 0.29) is 12.7 Å². The summed E-state index contributed by atoms with van der Waals surface area (Å²) in [6, 6.07) is 18.1. The maximum Gasteiger partial charge on any atom is 0.255 e. The first-order valence-corrected chi connectivity index (χ1v) is 12.3. The van der Waals surface area contributed by atoms with Gasteiger partial charge in [-0.1, -0.05) is 38.1 Å². The highest BCUT2D eigenvalue weighted by Gasteiger charge is 2.18. The predicted octanol–water partition coefficient (Wildman–Crippen LogP) is 4.90. The molecule has 0 saturated carbocycles. The maximum absolute atomic E-state index is 12.6. The third-order valence-electron chi connectivity index (χ3n) is 6.61. The van der Waals surface area contributed by atoms with Crippen molar-refractivity contribution >= 4 is 17.4 Å². The molecule has 7 heteroatoms. The van der Waals surface area contributed by atoms with Gasteiger partial charge in [-0.2, -0.15) is 0 Å². The van der Waals surface area contributed by atoms with Crippen LogP contribution in [-0.4, -0.2) is 48.8 Å². The Bertz CT molecular complexity index is 1160. The monoisotopic (exact) mass is 472 g/mol. The molecule has 35 heavy (non-hydrogen) atoms. The van der Waals surface area contributed by atoms with Crippen LogP contribution in [-0.2, 0) is 6.54 Å². The summed E-state index contributed by atoms with van der Waals surface area (Å²) in [5.74, 6) is 2.55. The number of rotatable bonds is 6. The summed E-state index contributed by atoms with van der Waals surface area (Å²) in [5.41, 5.74) is 3.93. The van der Waals surface area contributed by atoms with Gasteiger partial charge in [0.1, 0.15) is 5.82 Å². The molecule has 0 aliphatic carbocycles. The fraction of sp³-hybridized carbons (Fsp3) is 0.357. The topological polar surface area (TPSA) is 66.9 Å². The lowest BCUT2D eigenvalue weighted by Crippen LogP contribution is -2.31. The van der Waals surface area contributed by atoms with Crippen molar-refractivity contribution in [2.45, 2.75) is 32.7 Å². The molecular formula is C28H32N4O3. The summed E-state index contributed by atoms with van der Waals surface area (Å²) >= 11 is 0. The first-order valence-electron chi connectivity index (χ1n) is 12.3. The summed E-state index contributed by atoms with van der Waals surface area (Å²) in [4.78, 5) is 22.1. The highest BCUT2D eigenvalue weighted by molar-refractivity contribution is 6.04. The van der Waals surface area contributed by atoms with Gasteiger partial charge in [0.15, 0.2) is 11.5 Å². The molecule has 182 valence electrons. The number of hydrogen-bond donors (Lipinski definition) is 1. The highest BCUT2D eigenvalue weighted by Crippen LogP contribution is 2.32. The number of benzene rings is 2. The van der Waals surface area contributed by atoms with E-state index in [9.17, 15) is 4.79 Å². The molecule has 0 unspecified atom stereocenters. The number of ether oxygens (including phenoxy) is 2. The van der Waals surface area contributed by atoms with Crippen LogP contribution in [0.4, 0.5) is 11.5 Å². The second-order valence-corrected chi connectivity index (χ2v) is 9.44. The third-order valence-corrected chi connectivity index (χ3v) is 6.61. The van der Waals surface area contributed by atoms with Crippen LogP contribution in [0.25, 0.3) is 0 Å². The van der Waals surface area contributed by atoms with Crippen molar-refractivity contribution in [3.05, 3.63) is 77.5 Å². The van der Waals surface area contributed by atoms with Crippen molar-refractivity contribution in [2.24, 2.45) is 0 Å². The largest absolute Gasteiger partial charge is 0.454 e. The van der Waals surface area contributed by atoms with E-state index in [1.165, 1.54) is 11.1 Å². The van der Waals surface area contributed by atoms with E-state index in [4.69, 9.17) is 9.47 Å². The van der Waals surface area contributed by atoms with Gasteiger partial charge < -0.3 is 19.7 Å². The van der Waals surface area contributed by atoms with E-state index in [0.29, 0.717) is 28.7 Å². The minimum absolute atomic E-state index is 0.186. The molecular weight excluding hydrogens is 440 g/mol. The zero-order valence-corrected chi connectivity index (χ0v) is 20.4. The van der Waals surface area contributed by atoms with Crippen LogP contribution in [0.2, 0.25) is 0 Å². The Kier molecular flexibility index (Phi) is 6.86. The van der Waals surface area contributed by atoms with Crippen LogP contribution in [0.5, 0.6) is 11.5 Å². The van der Waals surface area contributed by atoms with Crippen LogP contribution in [0.3, 0.4) is 0 Å². The van der Waals surface area contributed by atoms with Crippen LogP contribution >= 0.6 is 0 Å². The van der Waals surface area contributed by atoms with Crippen LogP contribution in [0, 0.1) is 0 Å². The minimum atomic E-state index is -0.204. The number of hydrogen-bond acceptors (Lipinski definition) is 6. The fourth-order valence-electron chi connectivity index (χ4n) is 4.51. The van der Waals surface area contributed by atoms with E-state index in [1.54, 1.807) is 24.4 Å². The standard InChI is InChI=1S/C28H32N4O3/c1-20(2)22-6-4-21(5-7-22)18-31-12-3-13-32(15-14-31)27-11-9-24(17-29-27)30-28(33)23-8-10-25-26(16-23)35-19-34-25/h4-11,16-17,20H,3,12-15,18-19H2,1-2H3,(H,30,33). The number of amides is 1. The number of nitrogens with zero attached hydrogens (tertiary/aromatic N) is 3. The van der Waals surface area contributed by atoms with E-state index in [0.717, 1.165) is 45.0 Å². The van der Waals surface area contributed by atoms with Gasteiger partial charge in [-0.25, -0.2) is 4.98 Å². The molecule has 2 aliphatic heterocycles. The van der Waals surface area contributed by atoms with Gasteiger partial charge in [-0.05, 0) is 53.8 Å². The Balaban J connectivity index is 1.15. The fourth-order valence-corrected chi connectivity index (χ4v) is 4.51. The van der Waals surface area contributed by atoms with Crippen molar-refractivity contribution in [3.63, 3.8) is 0 Å². The number of anilines is 2. The zero-order valence-electron chi connectivity index (χ0n) is 20.4. The molecule has 1 amide bonds. The molecule has 1 aromatic heterocycles. The Labute approximate surface area is 206 Å². The van der Waals surface area contributed by atoms with Crippen molar-refractivity contribution in [1.82, 2.24) is 9.88 Å². The van der Waals surface area contributed by atoms with E-state index in [2.05, 4.69) is 58.2 Å². The highest BCUT2D eigenvalue weighted by atomic mass is 16.7. The number of carbonyl (C=O) groups excluding carboxylic acids is 1. The SMILES string of the molecule is CC(C)c1ccc(CN2CCCN(c3ccc(NC(=O)c4ccc5c(c4)OCO5)cn3)CC2)cc1. The molecule has 0 bridgehead atoms. The van der Waals surface area contributed by atoms with Gasteiger partial charge in [0.05, 0.1) is 11.9 Å². The van der Waals surface area contributed by atoms with Gasteiger partial charge in [-0.3, -0.25) is 9.69 Å². The Morgan fingerprint density at radius 3 is 2.57 bits per heavy atom. The normalized spacial score (nSPS) is 15.8. The number of carbonyl (C=O) groups is 1. The van der Waals surface area contributed by atoms with E-state index in [1.807, 2.05) is 12.1 Å². The first kappa shape index (κ1) is 23.2. The zero-order chi connectivity index (χ0) is 24.2. The quantitative estimate of drug-likeness (QED) is 0.551. The van der Waals surface area contributed by atoms with Gasteiger partial charge in [0, 0.05) is 38.3 Å². The van der Waals surface area contributed by atoms with Crippen molar-refractivity contribution in [2.75, 3.05) is 43.2 Å². The molecule has 0 spiro atoms. The van der Waals surface area contributed by atoms with Crippen LogP contribution < -0.4 is 19.7 Å². The lowest BCUT2D eigenvalue weighted by atomic mass is 10.0. The number of aromatic nitrogens is 1. The first-order chi connectivity index (χ1) is 17.0. The smallest absolute Gasteiger partial charge is 0.255 e. The molecule has 7 nitrogen and oxygen atoms in total. The molecule has 2 aromatic carbocycles. The lowest BCUT2D eigenvalue weighted by Gasteiger charge is -2.23. The molecule has 1 N–H and O–H groups in total. The lowest BCUT2D eigenvalue weighted by molar-refractivity contribution is 0.102. The number of fused-ring (bicyclic) bond motifs is 1. The third kappa shape index (κ3) is 5.57.